The molecule has 2 fully saturated rings. The van der Waals surface area contributed by atoms with Gasteiger partial charge in [-0.25, -0.2) is 0 Å². The van der Waals surface area contributed by atoms with Crippen LogP contribution >= 0.6 is 0 Å². The molecule has 2 aliphatic heterocycles. The first-order valence-electron chi connectivity index (χ1n) is 5.93. The van der Waals surface area contributed by atoms with Gasteiger partial charge in [-0.3, -0.25) is 9.69 Å². The second-order valence-electron chi connectivity index (χ2n) is 5.70. The molecule has 0 saturated carbocycles. The number of amides is 1. The first kappa shape index (κ1) is 11.5. The van der Waals surface area contributed by atoms with Crippen LogP contribution < -0.4 is 0 Å². The van der Waals surface area contributed by atoms with Gasteiger partial charge in [0.05, 0.1) is 0 Å². The Labute approximate surface area is 97.8 Å². The molecule has 0 N–H and O–H groups in total. The van der Waals surface area contributed by atoms with E-state index < -0.39 is 0 Å². The SMILES string of the molecule is CC#CC(=O)N1C[C@@H]2C[C@H]1CN2C(C)(C)C. The Morgan fingerprint density at radius 3 is 2.38 bits per heavy atom. The Bertz CT molecular complexity index is 358. The lowest BCUT2D eigenvalue weighted by Crippen LogP contribution is -2.54. The van der Waals surface area contributed by atoms with E-state index in [9.17, 15) is 4.79 Å². The summed E-state index contributed by atoms with van der Waals surface area (Å²) in [5.41, 5.74) is 0.213. The third-order valence-electron chi connectivity index (χ3n) is 3.60. The van der Waals surface area contributed by atoms with Crippen molar-refractivity contribution in [2.24, 2.45) is 0 Å². The number of nitrogens with zero attached hydrogens (tertiary/aromatic N) is 2. The van der Waals surface area contributed by atoms with E-state index in [-0.39, 0.29) is 11.4 Å². The molecule has 2 atom stereocenters. The molecule has 1 amide bonds. The number of fused-ring (bicyclic) bond motifs is 2. The minimum atomic E-state index is 0.00330. The molecule has 88 valence electrons. The summed E-state index contributed by atoms with van der Waals surface area (Å²) < 4.78 is 0. The maximum atomic E-state index is 11.7. The molecule has 0 radical (unpaired) electrons. The zero-order valence-corrected chi connectivity index (χ0v) is 10.6. The molecular weight excluding hydrogens is 200 g/mol. The van der Waals surface area contributed by atoms with Crippen molar-refractivity contribution in [2.75, 3.05) is 13.1 Å². The van der Waals surface area contributed by atoms with Crippen molar-refractivity contribution in [1.29, 1.82) is 0 Å². The number of likely N-dealkylation sites (tertiary alicyclic amines) is 2. The standard InChI is InChI=1S/C13H20N2O/c1-5-6-12(16)14-8-11-7-10(14)9-15(11)13(2,3)4/h10-11H,7-9H2,1-4H3/t10-,11-/m0/s1. The average molecular weight is 220 g/mol. The largest absolute Gasteiger partial charge is 0.326 e. The number of piperazine rings is 1. The fourth-order valence-corrected chi connectivity index (χ4v) is 2.92. The van der Waals surface area contributed by atoms with E-state index in [1.54, 1.807) is 6.92 Å². The number of hydrogen-bond acceptors (Lipinski definition) is 2. The van der Waals surface area contributed by atoms with Gasteiger partial charge in [0, 0.05) is 30.7 Å². The maximum absolute atomic E-state index is 11.7. The molecule has 3 nitrogen and oxygen atoms in total. The molecule has 2 saturated heterocycles. The van der Waals surface area contributed by atoms with Crippen LogP contribution in [-0.4, -0.2) is 46.4 Å². The highest BCUT2D eigenvalue weighted by Gasteiger charge is 2.47. The monoisotopic (exact) mass is 220 g/mol. The zero-order chi connectivity index (χ0) is 11.9. The van der Waals surface area contributed by atoms with Crippen molar-refractivity contribution in [1.82, 2.24) is 9.80 Å². The van der Waals surface area contributed by atoms with Crippen LogP contribution in [0.4, 0.5) is 0 Å². The average Bonchev–Trinajstić information content (AvgIpc) is 2.74. The molecule has 3 heteroatoms. The van der Waals surface area contributed by atoms with E-state index >= 15 is 0 Å². The molecule has 0 aromatic heterocycles. The highest BCUT2D eigenvalue weighted by Crippen LogP contribution is 2.35. The van der Waals surface area contributed by atoms with Gasteiger partial charge in [0.25, 0.3) is 5.91 Å². The maximum Gasteiger partial charge on any atom is 0.298 e. The van der Waals surface area contributed by atoms with Crippen LogP contribution in [0.5, 0.6) is 0 Å². The fourth-order valence-electron chi connectivity index (χ4n) is 2.92. The first-order chi connectivity index (χ1) is 7.43. The van der Waals surface area contributed by atoms with Crippen LogP contribution in [-0.2, 0) is 4.79 Å². The van der Waals surface area contributed by atoms with Gasteiger partial charge in [0.1, 0.15) is 0 Å². The van der Waals surface area contributed by atoms with Crippen molar-refractivity contribution in [3.8, 4) is 11.8 Å². The summed E-state index contributed by atoms with van der Waals surface area (Å²) in [6.07, 6.45) is 1.12. The Hall–Kier alpha value is -1.01. The van der Waals surface area contributed by atoms with Crippen LogP contribution in [0.2, 0.25) is 0 Å². The van der Waals surface area contributed by atoms with Gasteiger partial charge in [0.2, 0.25) is 0 Å². The molecule has 16 heavy (non-hydrogen) atoms. The fraction of sp³-hybridized carbons (Fsp3) is 0.769. The first-order valence-corrected chi connectivity index (χ1v) is 5.93. The van der Waals surface area contributed by atoms with Gasteiger partial charge >= 0.3 is 0 Å². The van der Waals surface area contributed by atoms with Crippen LogP contribution in [0.25, 0.3) is 0 Å². The van der Waals surface area contributed by atoms with Crippen LogP contribution in [0.15, 0.2) is 0 Å². The highest BCUT2D eigenvalue weighted by atomic mass is 16.2. The Morgan fingerprint density at radius 2 is 1.94 bits per heavy atom. The third-order valence-corrected chi connectivity index (χ3v) is 3.60. The molecule has 0 unspecified atom stereocenters. The Balaban J connectivity index is 2.05. The van der Waals surface area contributed by atoms with Gasteiger partial charge in [-0.15, -0.1) is 0 Å². The molecule has 0 spiro atoms. The van der Waals surface area contributed by atoms with Gasteiger partial charge in [-0.2, -0.15) is 0 Å². The van der Waals surface area contributed by atoms with Gasteiger partial charge in [-0.1, -0.05) is 5.92 Å². The van der Waals surface area contributed by atoms with Crippen molar-refractivity contribution < 1.29 is 4.79 Å². The summed E-state index contributed by atoms with van der Waals surface area (Å²) in [5, 5.41) is 0. The van der Waals surface area contributed by atoms with Gasteiger partial charge in [0.15, 0.2) is 0 Å². The topological polar surface area (TPSA) is 23.6 Å². The molecule has 2 bridgehead atoms. The van der Waals surface area contributed by atoms with E-state index in [0.717, 1.165) is 19.5 Å². The minimum Gasteiger partial charge on any atom is -0.326 e. The summed E-state index contributed by atoms with van der Waals surface area (Å²) >= 11 is 0. The minimum absolute atomic E-state index is 0.00330. The van der Waals surface area contributed by atoms with Crippen molar-refractivity contribution >= 4 is 5.91 Å². The van der Waals surface area contributed by atoms with Crippen LogP contribution in [0, 0.1) is 11.8 Å². The number of rotatable bonds is 0. The second kappa shape index (κ2) is 3.78. The summed E-state index contributed by atoms with van der Waals surface area (Å²) in [6, 6.07) is 0.921. The number of carbonyl (C=O) groups excluding carboxylic acids is 1. The predicted molar refractivity (Wildman–Crippen MR) is 63.8 cm³/mol. The highest BCUT2D eigenvalue weighted by molar-refractivity contribution is 5.94. The molecule has 2 heterocycles. The zero-order valence-electron chi connectivity index (χ0n) is 10.6. The lowest BCUT2D eigenvalue weighted by atomic mass is 10.0. The number of carbonyl (C=O) groups is 1. The molecule has 0 aliphatic carbocycles. The molecular formula is C13H20N2O. The van der Waals surface area contributed by atoms with Crippen LogP contribution in [0.1, 0.15) is 34.1 Å². The van der Waals surface area contributed by atoms with Crippen molar-refractivity contribution in [2.45, 2.75) is 51.7 Å². The van der Waals surface area contributed by atoms with Gasteiger partial charge < -0.3 is 4.90 Å². The number of hydrogen-bond donors (Lipinski definition) is 0. The summed E-state index contributed by atoms with van der Waals surface area (Å²) in [4.78, 5) is 16.2. The smallest absolute Gasteiger partial charge is 0.298 e. The summed E-state index contributed by atoms with van der Waals surface area (Å²) in [5.74, 6) is 5.34. The van der Waals surface area contributed by atoms with Gasteiger partial charge in [-0.05, 0) is 40.0 Å². The molecule has 0 aromatic carbocycles. The van der Waals surface area contributed by atoms with Crippen molar-refractivity contribution in [3.05, 3.63) is 0 Å². The van der Waals surface area contributed by atoms with E-state index in [1.165, 1.54) is 0 Å². The van der Waals surface area contributed by atoms with Crippen molar-refractivity contribution in [3.63, 3.8) is 0 Å². The quantitative estimate of drug-likeness (QED) is 0.571. The lowest BCUT2D eigenvalue weighted by Gasteiger charge is -2.41. The van der Waals surface area contributed by atoms with Crippen LogP contribution in [0.3, 0.4) is 0 Å². The molecule has 2 rings (SSSR count). The summed E-state index contributed by atoms with van der Waals surface area (Å²) in [7, 11) is 0. The lowest BCUT2D eigenvalue weighted by molar-refractivity contribution is -0.128. The third kappa shape index (κ3) is 1.82. The molecule has 0 aromatic rings. The van der Waals surface area contributed by atoms with E-state index in [4.69, 9.17) is 0 Å². The Kier molecular flexibility index (Phi) is 2.71. The van der Waals surface area contributed by atoms with E-state index in [0.29, 0.717) is 12.1 Å². The van der Waals surface area contributed by atoms with E-state index in [1.807, 2.05) is 4.90 Å². The summed E-state index contributed by atoms with van der Waals surface area (Å²) in [6.45, 7) is 10.3. The Morgan fingerprint density at radius 1 is 1.25 bits per heavy atom. The van der Waals surface area contributed by atoms with E-state index in [2.05, 4.69) is 37.5 Å². The normalized spacial score (nSPS) is 29.1. The molecule has 2 aliphatic rings. The second-order valence-corrected chi connectivity index (χ2v) is 5.70. The predicted octanol–water partition coefficient (Wildman–Crippen LogP) is 1.09.